The Kier molecular flexibility index (Phi) is 11.7. The Morgan fingerprint density at radius 3 is 2.36 bits per heavy atom. The van der Waals surface area contributed by atoms with Crippen LogP contribution >= 0.6 is 0 Å². The van der Waals surface area contributed by atoms with Crippen molar-refractivity contribution in [2.24, 2.45) is 23.7 Å². The quantitative estimate of drug-likeness (QED) is 0.204. The first-order valence-electron chi connectivity index (χ1n) is 20.6. The fraction of sp³-hybridized carbons (Fsp3) is 0.857. The van der Waals surface area contributed by atoms with E-state index in [1.165, 1.54) is 0 Å². The van der Waals surface area contributed by atoms with Crippen molar-refractivity contribution in [2.45, 2.75) is 205 Å². The van der Waals surface area contributed by atoms with Crippen LogP contribution in [0.15, 0.2) is 16.7 Å². The van der Waals surface area contributed by atoms with Crippen molar-refractivity contribution in [1.82, 2.24) is 5.16 Å². The smallest absolute Gasteiger partial charge is 0.309 e. The number of carboxylic acids is 1. The number of nitrogens with zero attached hydrogens (tertiary/aromatic N) is 1. The third-order valence-electron chi connectivity index (χ3n) is 14.3. The molecule has 1 aromatic heterocycles. The van der Waals surface area contributed by atoms with Crippen LogP contribution in [-0.2, 0) is 28.5 Å². The molecule has 6 heterocycles. The molecule has 5 aliphatic heterocycles. The fourth-order valence-corrected chi connectivity index (χ4v) is 10.6. The van der Waals surface area contributed by atoms with Gasteiger partial charge >= 0.3 is 5.97 Å². The van der Waals surface area contributed by atoms with Gasteiger partial charge in [0, 0.05) is 29.7 Å². The molecular formula is C42H67NO10. The molecule has 0 bridgehead atoms. The van der Waals surface area contributed by atoms with Crippen LogP contribution in [0.3, 0.4) is 0 Å². The highest BCUT2D eigenvalue weighted by Gasteiger charge is 2.63. The molecule has 2 spiro atoms. The summed E-state index contributed by atoms with van der Waals surface area (Å²) in [6.07, 6.45) is 8.17. The van der Waals surface area contributed by atoms with E-state index in [4.69, 9.17) is 33.4 Å². The fourth-order valence-electron chi connectivity index (χ4n) is 10.6. The number of aliphatic hydroxyl groups excluding tert-OH is 1. The topological polar surface area (TPSA) is 150 Å². The van der Waals surface area contributed by atoms with Gasteiger partial charge in [-0.15, -0.1) is 0 Å². The van der Waals surface area contributed by atoms with Gasteiger partial charge in [0.05, 0.1) is 53.3 Å². The van der Waals surface area contributed by atoms with Crippen LogP contribution in [-0.4, -0.2) is 85.8 Å². The molecule has 0 unspecified atom stereocenters. The summed E-state index contributed by atoms with van der Waals surface area (Å²) in [6.45, 7) is 20.7. The average Bonchev–Trinajstić information content (AvgIpc) is 3.67. The number of ether oxygens (including phenoxy) is 5. The Morgan fingerprint density at radius 1 is 0.981 bits per heavy atom. The third-order valence-corrected chi connectivity index (χ3v) is 14.3. The lowest BCUT2D eigenvalue weighted by Crippen LogP contribution is -2.62. The first-order chi connectivity index (χ1) is 25.0. The molecule has 4 saturated heterocycles. The molecule has 1 aromatic rings. The van der Waals surface area contributed by atoms with Crippen LogP contribution in [0.2, 0.25) is 0 Å². The van der Waals surface area contributed by atoms with Gasteiger partial charge in [0.15, 0.2) is 5.79 Å². The van der Waals surface area contributed by atoms with Gasteiger partial charge < -0.3 is 43.5 Å². The number of hydrogen-bond acceptors (Lipinski definition) is 10. The van der Waals surface area contributed by atoms with Crippen LogP contribution in [0, 0.1) is 30.6 Å². The van der Waals surface area contributed by atoms with E-state index in [2.05, 4.69) is 41.5 Å². The van der Waals surface area contributed by atoms with Gasteiger partial charge in [-0.3, -0.25) is 4.79 Å². The average molecular weight is 746 g/mol. The van der Waals surface area contributed by atoms with Gasteiger partial charge in [-0.05, 0) is 103 Å². The zero-order chi connectivity index (χ0) is 38.7. The number of aliphatic carboxylic acids is 1. The summed E-state index contributed by atoms with van der Waals surface area (Å²) in [7, 11) is 0. The molecule has 0 aromatic carbocycles. The maximum absolute atomic E-state index is 12.0. The van der Waals surface area contributed by atoms with Crippen molar-refractivity contribution >= 4 is 5.97 Å². The Balaban J connectivity index is 1.22. The highest BCUT2D eigenvalue weighted by molar-refractivity contribution is 5.70. The largest absolute Gasteiger partial charge is 0.481 e. The van der Waals surface area contributed by atoms with Gasteiger partial charge in [0.1, 0.15) is 11.9 Å². The van der Waals surface area contributed by atoms with E-state index in [1.807, 2.05) is 33.8 Å². The van der Waals surface area contributed by atoms with Crippen LogP contribution in [0.5, 0.6) is 0 Å². The molecule has 0 saturated carbocycles. The van der Waals surface area contributed by atoms with Crippen molar-refractivity contribution in [3.63, 3.8) is 0 Å². The van der Waals surface area contributed by atoms with E-state index in [0.717, 1.165) is 42.7 Å². The van der Waals surface area contributed by atoms with Crippen molar-refractivity contribution < 1.29 is 48.3 Å². The molecule has 11 heteroatoms. The van der Waals surface area contributed by atoms with Crippen LogP contribution in [0.25, 0.3) is 0 Å². The SMILES string of the molecule is CC[C@@H](C(=O)O)[C@H]1CC[C@H](C)[C@H]([C@@H](C)c2onc([C@H](CC)[C@H]3O[C@]4(C=C[C@@H](O)[C@]5(CC[C@@](C)([C@H]6CC[C@](O)(CC)[C@H](C)O6)O5)O4)[C@H](C)C[C@@H]3C)c2C)O1. The normalized spacial score (nSPS) is 45.0. The van der Waals surface area contributed by atoms with Gasteiger partial charge in [-0.25, -0.2) is 0 Å². The van der Waals surface area contributed by atoms with Crippen LogP contribution < -0.4 is 0 Å². The van der Waals surface area contributed by atoms with Crippen molar-refractivity contribution in [3.05, 3.63) is 29.2 Å². The summed E-state index contributed by atoms with van der Waals surface area (Å²) in [5, 5.41) is 37.1. The van der Waals surface area contributed by atoms with E-state index in [1.54, 1.807) is 6.08 Å². The summed E-state index contributed by atoms with van der Waals surface area (Å²) in [6, 6.07) is 0. The number of aromatic nitrogens is 1. The Bertz CT molecular complexity index is 1480. The highest BCUT2D eigenvalue weighted by Crippen LogP contribution is 2.54. The molecule has 0 radical (unpaired) electrons. The lowest BCUT2D eigenvalue weighted by atomic mass is 9.76. The summed E-state index contributed by atoms with van der Waals surface area (Å²) in [4.78, 5) is 12.0. The molecule has 53 heavy (non-hydrogen) atoms. The molecule has 0 aliphatic carbocycles. The van der Waals surface area contributed by atoms with Gasteiger partial charge in [-0.2, -0.15) is 0 Å². The second-order valence-corrected chi connectivity index (χ2v) is 17.7. The summed E-state index contributed by atoms with van der Waals surface area (Å²) in [5.74, 6) is -2.76. The zero-order valence-electron chi connectivity index (χ0n) is 33.8. The highest BCUT2D eigenvalue weighted by atomic mass is 16.8. The summed E-state index contributed by atoms with van der Waals surface area (Å²) < 4.78 is 40.2. The standard InChI is InChI=1S/C42H67NO10/c1-11-29(38(45)46)31-15-14-23(4)35(49-31)27(8)37-26(7)34(43-51-37)30(12-2)36-24(5)22-25(6)41(50-36)19-16-32(44)42(53-41)21-20-39(10,52-42)33-17-18-40(47,13-3)28(9)48-33/h16,19,23-25,27-33,35-36,44,47H,11-15,17-18,20-22H2,1-10H3,(H,45,46)/t23-,24-,25+,27+,28-,29+,30-,31+,32+,33+,35+,36-,39-,40+,41-,42-/m0/s1. The maximum Gasteiger partial charge on any atom is 0.309 e. The van der Waals surface area contributed by atoms with E-state index in [0.29, 0.717) is 38.5 Å². The molecule has 300 valence electrons. The molecule has 5 aliphatic rings. The minimum absolute atomic E-state index is 0.0162. The number of aliphatic hydroxyl groups is 2. The Labute approximate surface area is 316 Å². The number of carbonyl (C=O) groups is 1. The minimum Gasteiger partial charge on any atom is -0.481 e. The zero-order valence-corrected chi connectivity index (χ0v) is 33.8. The number of carboxylic acid groups (broad SMARTS) is 1. The number of rotatable bonds is 10. The Morgan fingerprint density at radius 2 is 1.72 bits per heavy atom. The lowest BCUT2D eigenvalue weighted by Gasteiger charge is -2.54. The molecule has 16 atom stereocenters. The van der Waals surface area contributed by atoms with E-state index in [9.17, 15) is 20.1 Å². The van der Waals surface area contributed by atoms with Crippen molar-refractivity contribution in [3.8, 4) is 0 Å². The van der Waals surface area contributed by atoms with Crippen molar-refractivity contribution in [2.75, 3.05) is 0 Å². The first kappa shape index (κ1) is 40.8. The second kappa shape index (κ2) is 15.2. The second-order valence-electron chi connectivity index (χ2n) is 17.7. The van der Waals surface area contributed by atoms with Crippen molar-refractivity contribution in [1.29, 1.82) is 0 Å². The summed E-state index contributed by atoms with van der Waals surface area (Å²) in [5.41, 5.74) is 0.288. The molecule has 11 nitrogen and oxygen atoms in total. The molecular weight excluding hydrogens is 678 g/mol. The Hall–Kier alpha value is -1.86. The maximum atomic E-state index is 12.0. The molecule has 3 N–H and O–H groups in total. The molecule has 6 rings (SSSR count). The van der Waals surface area contributed by atoms with Gasteiger partial charge in [0.25, 0.3) is 0 Å². The van der Waals surface area contributed by atoms with Gasteiger partial charge in [-0.1, -0.05) is 53.6 Å². The molecule has 4 fully saturated rings. The molecule has 0 amide bonds. The van der Waals surface area contributed by atoms with Crippen LogP contribution in [0.4, 0.5) is 0 Å². The predicted octanol–water partition coefficient (Wildman–Crippen LogP) is 7.55. The summed E-state index contributed by atoms with van der Waals surface area (Å²) >= 11 is 0. The van der Waals surface area contributed by atoms with E-state index < -0.39 is 40.8 Å². The third kappa shape index (κ3) is 7.19. The predicted molar refractivity (Wildman–Crippen MR) is 198 cm³/mol. The van der Waals surface area contributed by atoms with Gasteiger partial charge in [0.2, 0.25) is 5.79 Å². The first-order valence-corrected chi connectivity index (χ1v) is 20.6. The van der Waals surface area contributed by atoms with E-state index in [-0.39, 0.29) is 60.1 Å². The minimum atomic E-state index is -1.30. The number of hydrogen-bond donors (Lipinski definition) is 3. The lowest BCUT2D eigenvalue weighted by molar-refractivity contribution is -0.408. The van der Waals surface area contributed by atoms with Crippen LogP contribution in [0.1, 0.15) is 155 Å². The monoisotopic (exact) mass is 745 g/mol. The van der Waals surface area contributed by atoms with E-state index >= 15 is 0 Å².